The number of nitrogen functional groups attached to an aromatic ring is 1. The molecule has 9 heteroatoms. The van der Waals surface area contributed by atoms with E-state index in [0.717, 1.165) is 54.9 Å². The number of ether oxygens (including phenoxy) is 2. The molecule has 0 amide bonds. The third-order valence-electron chi connectivity index (χ3n) is 6.72. The topological polar surface area (TPSA) is 120 Å². The summed E-state index contributed by atoms with van der Waals surface area (Å²) in [5.74, 6) is 1.88. The summed E-state index contributed by atoms with van der Waals surface area (Å²) in [5.41, 5.74) is 9.98. The summed E-state index contributed by atoms with van der Waals surface area (Å²) in [6.07, 6.45) is 6.27. The smallest absolute Gasteiger partial charge is 0.328 e. The Balaban J connectivity index is 1.31. The van der Waals surface area contributed by atoms with Gasteiger partial charge in [-0.2, -0.15) is 9.97 Å². The molecule has 186 valence electrons. The van der Waals surface area contributed by atoms with Crippen molar-refractivity contribution in [3.8, 4) is 17.5 Å². The number of nitrogens with zero attached hydrogens (tertiary/aromatic N) is 3. The normalized spacial score (nSPS) is 16.0. The molecule has 9 nitrogen and oxygen atoms in total. The van der Waals surface area contributed by atoms with Crippen LogP contribution < -0.4 is 26.2 Å². The monoisotopic (exact) mass is 486 g/mol. The van der Waals surface area contributed by atoms with E-state index in [1.54, 1.807) is 4.57 Å². The highest BCUT2D eigenvalue weighted by Gasteiger charge is 2.20. The van der Waals surface area contributed by atoms with Gasteiger partial charge >= 0.3 is 11.7 Å². The van der Waals surface area contributed by atoms with Crippen molar-refractivity contribution >= 4 is 17.0 Å². The quantitative estimate of drug-likeness (QED) is 0.391. The molecule has 0 atom stereocenters. The number of fused-ring (bicyclic) bond motifs is 3. The molecule has 0 unspecified atom stereocenters. The van der Waals surface area contributed by atoms with E-state index in [1.165, 1.54) is 18.4 Å². The lowest BCUT2D eigenvalue weighted by atomic mass is 10.0. The van der Waals surface area contributed by atoms with Crippen molar-refractivity contribution in [2.24, 2.45) is 0 Å². The minimum atomic E-state index is -0.284. The Morgan fingerprint density at radius 1 is 1.14 bits per heavy atom. The molecule has 0 saturated heterocycles. The molecule has 1 fully saturated rings. The van der Waals surface area contributed by atoms with Crippen molar-refractivity contribution in [3.05, 3.63) is 69.6 Å². The van der Waals surface area contributed by atoms with Crippen LogP contribution in [0.4, 0.5) is 5.82 Å². The van der Waals surface area contributed by atoms with E-state index >= 15 is 0 Å². The van der Waals surface area contributed by atoms with Gasteiger partial charge in [0.1, 0.15) is 17.0 Å². The van der Waals surface area contributed by atoms with Crippen LogP contribution in [0.15, 0.2) is 47.3 Å². The molecule has 1 aliphatic carbocycles. The summed E-state index contributed by atoms with van der Waals surface area (Å²) in [6.45, 7) is 1.69. The van der Waals surface area contributed by atoms with Crippen LogP contribution in [-0.2, 0) is 19.5 Å². The number of nitrogens with one attached hydrogen (secondary N) is 2. The molecule has 3 heterocycles. The molecule has 0 spiro atoms. The number of hydrogen-bond acceptors (Lipinski definition) is 7. The number of benzene rings is 2. The van der Waals surface area contributed by atoms with Crippen molar-refractivity contribution in [1.29, 1.82) is 0 Å². The molecule has 2 aromatic carbocycles. The molecule has 1 aliphatic heterocycles. The lowest BCUT2D eigenvalue weighted by Gasteiger charge is -2.15. The number of anilines is 1. The summed E-state index contributed by atoms with van der Waals surface area (Å²) in [6, 6.07) is 15.3. The fourth-order valence-corrected chi connectivity index (χ4v) is 4.60. The van der Waals surface area contributed by atoms with E-state index in [-0.39, 0.29) is 17.5 Å². The molecular weight excluding hydrogens is 456 g/mol. The molecule has 1 saturated carbocycles. The van der Waals surface area contributed by atoms with Gasteiger partial charge in [0.25, 0.3) is 0 Å². The van der Waals surface area contributed by atoms with Gasteiger partial charge in [-0.25, -0.2) is 4.79 Å². The predicted octanol–water partition coefficient (Wildman–Crippen LogP) is 3.90. The van der Waals surface area contributed by atoms with Crippen LogP contribution in [0.25, 0.3) is 11.2 Å². The molecule has 2 aliphatic rings. The summed E-state index contributed by atoms with van der Waals surface area (Å²) >= 11 is 0. The molecule has 4 aromatic rings. The van der Waals surface area contributed by atoms with Crippen LogP contribution in [-0.4, -0.2) is 32.2 Å². The number of hydrogen-bond donors (Lipinski definition) is 3. The first-order valence-electron chi connectivity index (χ1n) is 12.6. The van der Waals surface area contributed by atoms with Crippen molar-refractivity contribution in [1.82, 2.24) is 24.8 Å². The first-order valence-corrected chi connectivity index (χ1v) is 12.6. The van der Waals surface area contributed by atoms with Gasteiger partial charge in [0.15, 0.2) is 11.5 Å². The number of aromatic amines is 1. The maximum Gasteiger partial charge on any atom is 0.328 e. The Morgan fingerprint density at radius 3 is 2.94 bits per heavy atom. The van der Waals surface area contributed by atoms with Crippen LogP contribution >= 0.6 is 0 Å². The molecule has 6 rings (SSSR count). The lowest BCUT2D eigenvalue weighted by Crippen LogP contribution is -2.18. The lowest BCUT2D eigenvalue weighted by molar-refractivity contribution is 0.283. The van der Waals surface area contributed by atoms with Crippen LogP contribution in [0, 0.1) is 0 Å². The maximum absolute atomic E-state index is 12.7. The zero-order valence-electron chi connectivity index (χ0n) is 20.1. The Labute approximate surface area is 208 Å². The van der Waals surface area contributed by atoms with E-state index in [9.17, 15) is 4.79 Å². The zero-order chi connectivity index (χ0) is 24.5. The highest BCUT2D eigenvalue weighted by Crippen LogP contribution is 2.30. The van der Waals surface area contributed by atoms with Crippen LogP contribution in [0.1, 0.15) is 48.8 Å². The number of nitrogens with two attached hydrogens (primary N) is 1. The van der Waals surface area contributed by atoms with Gasteiger partial charge in [-0.3, -0.25) is 4.57 Å². The summed E-state index contributed by atoms with van der Waals surface area (Å²) in [4.78, 5) is 24.2. The van der Waals surface area contributed by atoms with E-state index in [1.807, 2.05) is 24.3 Å². The summed E-state index contributed by atoms with van der Waals surface area (Å²) < 4.78 is 13.7. The molecule has 0 radical (unpaired) electrons. The van der Waals surface area contributed by atoms with E-state index in [4.69, 9.17) is 15.2 Å². The van der Waals surface area contributed by atoms with Gasteiger partial charge in [-0.1, -0.05) is 24.3 Å². The highest BCUT2D eigenvalue weighted by atomic mass is 16.5. The van der Waals surface area contributed by atoms with Gasteiger partial charge in [0.05, 0.1) is 13.2 Å². The van der Waals surface area contributed by atoms with E-state index in [2.05, 4.69) is 38.5 Å². The van der Waals surface area contributed by atoms with Crippen molar-refractivity contribution < 1.29 is 9.47 Å². The summed E-state index contributed by atoms with van der Waals surface area (Å²) in [5, 5.41) is 3.56. The van der Waals surface area contributed by atoms with Gasteiger partial charge in [0.2, 0.25) is 0 Å². The van der Waals surface area contributed by atoms with Crippen molar-refractivity contribution in [3.63, 3.8) is 0 Å². The van der Waals surface area contributed by atoms with Gasteiger partial charge < -0.3 is 25.5 Å². The average Bonchev–Trinajstić information content (AvgIpc) is 3.65. The number of aromatic nitrogens is 4. The SMILES string of the molecule is Nc1nc2nc3c1[nH]c(=O)n3Cc1ccc(Oc3cccc(CNC4CC4)c3)c(c1)CCCCCO2. The first kappa shape index (κ1) is 22.6. The minimum Gasteiger partial charge on any atom is -0.463 e. The molecule has 4 N–H and O–H groups in total. The number of H-pyrrole nitrogens is 1. The van der Waals surface area contributed by atoms with E-state index in [0.29, 0.717) is 30.4 Å². The van der Waals surface area contributed by atoms with Gasteiger partial charge in [0, 0.05) is 12.6 Å². The zero-order valence-corrected chi connectivity index (χ0v) is 20.1. The summed E-state index contributed by atoms with van der Waals surface area (Å²) in [7, 11) is 0. The van der Waals surface area contributed by atoms with Crippen molar-refractivity contribution in [2.45, 2.75) is 57.7 Å². The Hall–Kier alpha value is -3.85. The van der Waals surface area contributed by atoms with Gasteiger partial charge in [-0.05, 0) is 73.4 Å². The van der Waals surface area contributed by atoms with E-state index < -0.39 is 0 Å². The second-order valence-corrected chi connectivity index (χ2v) is 9.61. The number of imidazole rings is 1. The Kier molecular flexibility index (Phi) is 6.06. The van der Waals surface area contributed by atoms with Crippen LogP contribution in [0.3, 0.4) is 0 Å². The fraction of sp³-hybridized carbons (Fsp3) is 0.370. The fourth-order valence-electron chi connectivity index (χ4n) is 4.60. The first-order chi connectivity index (χ1) is 17.6. The molecule has 36 heavy (non-hydrogen) atoms. The predicted molar refractivity (Wildman–Crippen MR) is 138 cm³/mol. The van der Waals surface area contributed by atoms with Crippen molar-refractivity contribution in [2.75, 3.05) is 12.3 Å². The molecular formula is C27H30N6O3. The second kappa shape index (κ2) is 9.66. The van der Waals surface area contributed by atoms with Crippen LogP contribution in [0.2, 0.25) is 0 Å². The number of rotatable bonds is 5. The molecule has 2 aromatic heterocycles. The largest absolute Gasteiger partial charge is 0.463 e. The standard InChI is InChI=1S/C27H30N6O3/c28-24-23-25-32-26(31-24)35-12-3-1-2-6-19-13-18(16-33(25)27(34)30-23)8-11-22(19)36-21-7-4-5-17(14-21)15-29-20-9-10-20/h4-5,7-8,11,13-14,20,29H,1-3,6,9-10,12,15-16H2,(H,30,34)(H2,28,31,32). The highest BCUT2D eigenvalue weighted by molar-refractivity contribution is 5.82. The number of aryl methyl sites for hydroxylation is 1. The molecule has 4 bridgehead atoms. The third-order valence-corrected chi connectivity index (χ3v) is 6.72. The Bertz CT molecular complexity index is 1460. The minimum absolute atomic E-state index is 0.198. The maximum atomic E-state index is 12.7. The van der Waals surface area contributed by atoms with Crippen LogP contribution in [0.5, 0.6) is 17.5 Å². The third kappa shape index (κ3) is 4.92. The second-order valence-electron chi connectivity index (χ2n) is 9.61. The van der Waals surface area contributed by atoms with Gasteiger partial charge in [-0.15, -0.1) is 0 Å². The Morgan fingerprint density at radius 2 is 2.06 bits per heavy atom. The average molecular weight is 487 g/mol.